The molecule has 0 spiro atoms. The zero-order chi connectivity index (χ0) is 11.2. The molecule has 86 valence electrons. The highest BCUT2D eigenvalue weighted by Crippen LogP contribution is 1.96. The minimum Gasteiger partial charge on any atom is -0.395 e. The maximum Gasteiger partial charge on any atom is 0.0943 e. The van der Waals surface area contributed by atoms with E-state index < -0.39 is 0 Å². The molecule has 0 atom stereocenters. The molecule has 0 fully saturated rings. The topological polar surface area (TPSA) is 59.1 Å². The Morgan fingerprint density at radius 2 is 1.56 bits per heavy atom. The molecule has 2 heterocycles. The third kappa shape index (κ3) is 2.91. The van der Waals surface area contributed by atoms with Crippen molar-refractivity contribution in [1.82, 2.24) is 24.5 Å². The molecule has 0 amide bonds. The van der Waals surface area contributed by atoms with Crippen LogP contribution in [0.1, 0.15) is 0 Å². The van der Waals surface area contributed by atoms with Crippen LogP contribution >= 0.6 is 0 Å². The third-order valence-corrected chi connectivity index (χ3v) is 2.22. The van der Waals surface area contributed by atoms with Crippen LogP contribution in [0, 0.1) is 0 Å². The molecule has 0 bridgehead atoms. The molecule has 2 aromatic rings. The fraction of sp³-hybridized carbons (Fsp3) is 0.400. The number of aliphatic hydroxyl groups is 1. The lowest BCUT2D eigenvalue weighted by atomic mass is 10.6. The summed E-state index contributed by atoms with van der Waals surface area (Å²) in [5.41, 5.74) is 0. The lowest BCUT2D eigenvalue weighted by Gasteiger charge is -2.20. The molecule has 0 saturated carbocycles. The Kier molecular flexibility index (Phi) is 3.68. The van der Waals surface area contributed by atoms with Gasteiger partial charge in [0.25, 0.3) is 0 Å². The van der Waals surface area contributed by atoms with Crippen molar-refractivity contribution in [1.29, 1.82) is 0 Å². The van der Waals surface area contributed by atoms with Gasteiger partial charge in [-0.25, -0.2) is 0 Å². The summed E-state index contributed by atoms with van der Waals surface area (Å²) in [5, 5.41) is 17.3. The van der Waals surface area contributed by atoms with Crippen LogP contribution in [0.3, 0.4) is 0 Å². The Morgan fingerprint density at radius 1 is 1.00 bits per heavy atom. The molecule has 2 aromatic heterocycles. The largest absolute Gasteiger partial charge is 0.395 e. The Labute approximate surface area is 93.7 Å². The molecule has 0 saturated heterocycles. The first-order chi connectivity index (χ1) is 7.88. The fourth-order valence-corrected chi connectivity index (χ4v) is 1.51. The standard InChI is InChI=1S/C10H15N5O/c16-8-7-13(9-14-5-1-3-11-14)10-15-6-2-4-12-15/h1-6,16H,7-10H2. The minimum atomic E-state index is 0.128. The van der Waals surface area contributed by atoms with Crippen molar-refractivity contribution in [3.63, 3.8) is 0 Å². The lowest BCUT2D eigenvalue weighted by molar-refractivity contribution is 0.119. The van der Waals surface area contributed by atoms with Crippen molar-refractivity contribution in [3.8, 4) is 0 Å². The van der Waals surface area contributed by atoms with E-state index in [0.717, 1.165) is 0 Å². The highest BCUT2D eigenvalue weighted by atomic mass is 16.3. The average molecular weight is 221 g/mol. The number of hydrogen-bond acceptors (Lipinski definition) is 4. The van der Waals surface area contributed by atoms with Gasteiger partial charge in [0.1, 0.15) is 0 Å². The summed E-state index contributed by atoms with van der Waals surface area (Å²) in [6.07, 6.45) is 7.27. The van der Waals surface area contributed by atoms with Crippen molar-refractivity contribution in [2.24, 2.45) is 0 Å². The van der Waals surface area contributed by atoms with Crippen LogP contribution in [0.4, 0.5) is 0 Å². The van der Waals surface area contributed by atoms with E-state index in [0.29, 0.717) is 19.9 Å². The van der Waals surface area contributed by atoms with Gasteiger partial charge in [-0.15, -0.1) is 0 Å². The number of hydrogen-bond donors (Lipinski definition) is 1. The van der Waals surface area contributed by atoms with Crippen LogP contribution in [-0.4, -0.2) is 42.7 Å². The Balaban J connectivity index is 1.94. The highest BCUT2D eigenvalue weighted by Gasteiger charge is 2.05. The van der Waals surface area contributed by atoms with Crippen LogP contribution in [0.2, 0.25) is 0 Å². The second-order valence-electron chi connectivity index (χ2n) is 3.49. The summed E-state index contributed by atoms with van der Waals surface area (Å²) >= 11 is 0. The maximum absolute atomic E-state index is 8.99. The number of rotatable bonds is 6. The molecular formula is C10H15N5O. The van der Waals surface area contributed by atoms with Gasteiger partial charge in [-0.3, -0.25) is 14.3 Å². The van der Waals surface area contributed by atoms with Gasteiger partial charge in [0.05, 0.1) is 19.9 Å². The van der Waals surface area contributed by atoms with Gasteiger partial charge in [0.2, 0.25) is 0 Å². The van der Waals surface area contributed by atoms with Crippen LogP contribution in [0.15, 0.2) is 36.9 Å². The molecule has 16 heavy (non-hydrogen) atoms. The number of aliphatic hydroxyl groups excluding tert-OH is 1. The Bertz CT molecular complexity index is 347. The summed E-state index contributed by atoms with van der Waals surface area (Å²) in [6, 6.07) is 3.76. The van der Waals surface area contributed by atoms with E-state index in [9.17, 15) is 0 Å². The molecule has 0 aliphatic heterocycles. The van der Waals surface area contributed by atoms with Gasteiger partial charge in [0, 0.05) is 31.3 Å². The van der Waals surface area contributed by atoms with Gasteiger partial charge in [-0.05, 0) is 12.1 Å². The SMILES string of the molecule is OCCN(Cn1cccn1)Cn1cccn1. The number of nitrogens with zero attached hydrogens (tertiary/aromatic N) is 5. The van der Waals surface area contributed by atoms with E-state index in [1.54, 1.807) is 12.4 Å². The zero-order valence-electron chi connectivity index (χ0n) is 8.98. The van der Waals surface area contributed by atoms with E-state index in [2.05, 4.69) is 15.1 Å². The monoisotopic (exact) mass is 221 g/mol. The fourth-order valence-electron chi connectivity index (χ4n) is 1.51. The van der Waals surface area contributed by atoms with Gasteiger partial charge in [-0.2, -0.15) is 10.2 Å². The maximum atomic E-state index is 8.99. The van der Waals surface area contributed by atoms with Crippen molar-refractivity contribution >= 4 is 0 Å². The van der Waals surface area contributed by atoms with Gasteiger partial charge >= 0.3 is 0 Å². The van der Waals surface area contributed by atoms with E-state index in [-0.39, 0.29) is 6.61 Å². The van der Waals surface area contributed by atoms with Crippen molar-refractivity contribution in [2.45, 2.75) is 13.3 Å². The first kappa shape index (κ1) is 10.8. The third-order valence-electron chi connectivity index (χ3n) is 2.22. The predicted molar refractivity (Wildman–Crippen MR) is 58.2 cm³/mol. The van der Waals surface area contributed by atoms with Crippen molar-refractivity contribution in [3.05, 3.63) is 36.9 Å². The van der Waals surface area contributed by atoms with E-state index in [4.69, 9.17) is 5.11 Å². The second kappa shape index (κ2) is 5.43. The summed E-state index contributed by atoms with van der Waals surface area (Å²) in [4.78, 5) is 2.06. The Morgan fingerprint density at radius 3 is 1.94 bits per heavy atom. The summed E-state index contributed by atoms with van der Waals surface area (Å²) in [5.74, 6) is 0. The molecule has 0 aliphatic carbocycles. The average Bonchev–Trinajstić information content (AvgIpc) is 2.91. The van der Waals surface area contributed by atoms with E-state index in [1.165, 1.54) is 0 Å². The molecule has 6 nitrogen and oxygen atoms in total. The second-order valence-corrected chi connectivity index (χ2v) is 3.49. The van der Waals surface area contributed by atoms with Crippen molar-refractivity contribution < 1.29 is 5.11 Å². The molecule has 1 N–H and O–H groups in total. The van der Waals surface area contributed by atoms with Crippen LogP contribution in [-0.2, 0) is 13.3 Å². The van der Waals surface area contributed by atoms with Gasteiger partial charge < -0.3 is 5.11 Å². The first-order valence-corrected chi connectivity index (χ1v) is 5.16. The molecule has 2 rings (SSSR count). The van der Waals surface area contributed by atoms with E-state index >= 15 is 0 Å². The zero-order valence-corrected chi connectivity index (χ0v) is 8.98. The molecule has 0 aromatic carbocycles. The molecular weight excluding hydrogens is 206 g/mol. The lowest BCUT2D eigenvalue weighted by Crippen LogP contribution is -2.31. The smallest absolute Gasteiger partial charge is 0.0943 e. The molecule has 0 aliphatic rings. The summed E-state index contributed by atoms with van der Waals surface area (Å²) < 4.78 is 3.64. The van der Waals surface area contributed by atoms with E-state index in [1.807, 2.05) is 33.9 Å². The number of aromatic nitrogens is 4. The quantitative estimate of drug-likeness (QED) is 0.745. The van der Waals surface area contributed by atoms with Crippen molar-refractivity contribution in [2.75, 3.05) is 13.2 Å². The first-order valence-electron chi connectivity index (χ1n) is 5.16. The van der Waals surface area contributed by atoms with Gasteiger partial charge in [-0.1, -0.05) is 0 Å². The molecule has 6 heteroatoms. The molecule has 0 radical (unpaired) electrons. The highest BCUT2D eigenvalue weighted by molar-refractivity contribution is 4.79. The van der Waals surface area contributed by atoms with Gasteiger partial charge in [0.15, 0.2) is 0 Å². The Hall–Kier alpha value is -1.66. The van der Waals surface area contributed by atoms with Crippen LogP contribution < -0.4 is 0 Å². The predicted octanol–water partition coefficient (Wildman–Crippen LogP) is -0.0109. The van der Waals surface area contributed by atoms with Crippen LogP contribution in [0.25, 0.3) is 0 Å². The van der Waals surface area contributed by atoms with Crippen LogP contribution in [0.5, 0.6) is 0 Å². The summed E-state index contributed by atoms with van der Waals surface area (Å²) in [7, 11) is 0. The normalized spacial score (nSPS) is 11.1. The molecule has 0 unspecified atom stereocenters. The summed E-state index contributed by atoms with van der Waals surface area (Å²) in [6.45, 7) is 2.02. The minimum absolute atomic E-state index is 0.128.